The fraction of sp³-hybridized carbons (Fsp3) is 0.176. The van der Waals surface area contributed by atoms with Gasteiger partial charge in [-0.25, -0.2) is 17.8 Å². The van der Waals surface area contributed by atoms with E-state index in [1.165, 1.54) is 35.8 Å². The largest absolute Gasteiger partial charge is 0.462 e. The van der Waals surface area contributed by atoms with E-state index in [-0.39, 0.29) is 23.6 Å². The average Bonchev–Trinajstić information content (AvgIpc) is 3.24. The minimum absolute atomic E-state index is 0.214. The highest BCUT2D eigenvalue weighted by molar-refractivity contribution is 7.90. The van der Waals surface area contributed by atoms with Crippen LogP contribution in [0.25, 0.3) is 10.8 Å². The second kappa shape index (κ2) is 7.79. The van der Waals surface area contributed by atoms with Crippen molar-refractivity contribution in [2.75, 3.05) is 11.1 Å². The van der Waals surface area contributed by atoms with Gasteiger partial charge in [-0.05, 0) is 30.3 Å². The number of benzene rings is 1. The predicted octanol–water partition coefficient (Wildman–Crippen LogP) is 3.49. The third kappa shape index (κ3) is 4.99. The fourth-order valence-electron chi connectivity index (χ4n) is 2.22. The van der Waals surface area contributed by atoms with Gasteiger partial charge in [0.05, 0.1) is 23.5 Å². The van der Waals surface area contributed by atoms with Crippen LogP contribution in [0.2, 0.25) is 0 Å². The summed E-state index contributed by atoms with van der Waals surface area (Å²) in [5.74, 6) is -0.965. The topological polar surface area (TPSA) is 89.3 Å². The molecule has 3 rings (SSSR count). The predicted molar refractivity (Wildman–Crippen MR) is 97.0 cm³/mol. The Morgan fingerprint density at radius 1 is 1.27 bits per heavy atom. The number of thiazole rings is 1. The molecule has 1 N–H and O–H groups in total. The lowest BCUT2D eigenvalue weighted by molar-refractivity contribution is -0.115. The molecule has 1 amide bonds. The molecular formula is C17H15FN2O4S2. The molecule has 9 heteroatoms. The molecule has 0 saturated heterocycles. The number of amides is 1. The number of furan rings is 1. The quantitative estimate of drug-likeness (QED) is 0.663. The van der Waals surface area contributed by atoms with Crippen LogP contribution in [-0.4, -0.2) is 25.1 Å². The molecule has 0 atom stereocenters. The van der Waals surface area contributed by atoms with Crippen LogP contribution in [0.1, 0.15) is 12.1 Å². The second-order valence-electron chi connectivity index (χ2n) is 5.52. The lowest BCUT2D eigenvalue weighted by Gasteiger charge is -2.05. The van der Waals surface area contributed by atoms with Gasteiger partial charge in [0.1, 0.15) is 5.82 Å². The van der Waals surface area contributed by atoms with Gasteiger partial charge in [0.25, 0.3) is 0 Å². The van der Waals surface area contributed by atoms with E-state index in [0.717, 1.165) is 6.07 Å². The van der Waals surface area contributed by atoms with E-state index in [2.05, 4.69) is 10.3 Å². The minimum atomic E-state index is -3.51. The highest BCUT2D eigenvalue weighted by atomic mass is 32.2. The van der Waals surface area contributed by atoms with Gasteiger partial charge in [0.15, 0.2) is 20.6 Å². The molecule has 2 aromatic heterocycles. The highest BCUT2D eigenvalue weighted by Crippen LogP contribution is 2.24. The Kier molecular flexibility index (Phi) is 5.48. The van der Waals surface area contributed by atoms with Gasteiger partial charge < -0.3 is 9.73 Å². The first-order valence-electron chi connectivity index (χ1n) is 7.65. The second-order valence-corrected chi connectivity index (χ2v) is 8.56. The number of halogens is 1. The minimum Gasteiger partial charge on any atom is -0.462 e. The molecule has 0 radical (unpaired) electrons. The number of carbonyl (C=O) groups excluding carboxylic acids is 1. The normalized spacial score (nSPS) is 11.4. The molecule has 136 valence electrons. The van der Waals surface area contributed by atoms with Crippen LogP contribution in [0.4, 0.5) is 10.1 Å². The molecule has 26 heavy (non-hydrogen) atoms. The van der Waals surface area contributed by atoms with Gasteiger partial charge in [0, 0.05) is 17.5 Å². The molecule has 2 heterocycles. The molecule has 0 saturated carbocycles. The van der Waals surface area contributed by atoms with Gasteiger partial charge in [-0.1, -0.05) is 6.07 Å². The number of carbonyl (C=O) groups is 1. The van der Waals surface area contributed by atoms with Crippen molar-refractivity contribution in [3.8, 4) is 10.8 Å². The van der Waals surface area contributed by atoms with Crippen molar-refractivity contribution in [1.82, 2.24) is 4.98 Å². The summed E-state index contributed by atoms with van der Waals surface area (Å²) in [5.41, 5.74) is 0.696. The monoisotopic (exact) mass is 394 g/mol. The van der Waals surface area contributed by atoms with Crippen LogP contribution in [0, 0.1) is 5.82 Å². The standard InChI is InChI=1S/C17H15FN2O4S2/c18-12-3-1-4-13(9-12)19-16(21)6-8-26(22,23)11-14-10-25-17(20-14)15-5-2-7-24-15/h1-5,7,9-10H,6,8,11H2,(H,19,21). The summed E-state index contributed by atoms with van der Waals surface area (Å²) in [5, 5.41) is 4.73. The summed E-state index contributed by atoms with van der Waals surface area (Å²) in [6, 6.07) is 8.88. The maximum Gasteiger partial charge on any atom is 0.225 e. The smallest absolute Gasteiger partial charge is 0.225 e. The number of aromatic nitrogens is 1. The first-order valence-corrected chi connectivity index (χ1v) is 10.4. The van der Waals surface area contributed by atoms with Gasteiger partial charge in [0.2, 0.25) is 5.91 Å². The van der Waals surface area contributed by atoms with Crippen molar-refractivity contribution in [3.05, 3.63) is 59.6 Å². The van der Waals surface area contributed by atoms with E-state index in [1.54, 1.807) is 17.5 Å². The first-order chi connectivity index (χ1) is 12.4. The van der Waals surface area contributed by atoms with E-state index in [9.17, 15) is 17.6 Å². The molecule has 0 bridgehead atoms. The number of hydrogen-bond donors (Lipinski definition) is 1. The third-order valence-corrected chi connectivity index (χ3v) is 5.87. The average molecular weight is 394 g/mol. The molecule has 6 nitrogen and oxygen atoms in total. The van der Waals surface area contributed by atoms with Crippen LogP contribution in [0.5, 0.6) is 0 Å². The molecule has 0 fully saturated rings. The Balaban J connectivity index is 1.55. The van der Waals surface area contributed by atoms with E-state index >= 15 is 0 Å². The number of hydrogen-bond acceptors (Lipinski definition) is 6. The van der Waals surface area contributed by atoms with E-state index < -0.39 is 21.6 Å². The zero-order valence-corrected chi connectivity index (χ0v) is 15.1. The Morgan fingerprint density at radius 3 is 2.85 bits per heavy atom. The SMILES string of the molecule is O=C(CCS(=O)(=O)Cc1csc(-c2ccco2)n1)Nc1cccc(F)c1. The molecule has 0 aliphatic heterocycles. The molecule has 1 aromatic carbocycles. The molecule has 0 unspecified atom stereocenters. The zero-order chi connectivity index (χ0) is 18.6. The summed E-state index contributed by atoms with van der Waals surface area (Å²) in [6.45, 7) is 0. The highest BCUT2D eigenvalue weighted by Gasteiger charge is 2.17. The summed E-state index contributed by atoms with van der Waals surface area (Å²) >= 11 is 1.29. The van der Waals surface area contributed by atoms with Gasteiger partial charge >= 0.3 is 0 Å². The lowest BCUT2D eigenvalue weighted by Crippen LogP contribution is -2.18. The maximum atomic E-state index is 13.1. The zero-order valence-electron chi connectivity index (χ0n) is 13.5. The van der Waals surface area contributed by atoms with Crippen molar-refractivity contribution < 1.29 is 22.0 Å². The summed E-state index contributed by atoms with van der Waals surface area (Å²) in [7, 11) is -3.51. The van der Waals surface area contributed by atoms with Gasteiger partial charge in [-0.2, -0.15) is 0 Å². The number of rotatable bonds is 7. The fourth-order valence-corrected chi connectivity index (χ4v) is 4.35. The van der Waals surface area contributed by atoms with Crippen molar-refractivity contribution in [2.24, 2.45) is 0 Å². The number of nitrogens with zero attached hydrogens (tertiary/aromatic N) is 1. The van der Waals surface area contributed by atoms with Crippen LogP contribution in [-0.2, 0) is 20.4 Å². The van der Waals surface area contributed by atoms with Crippen molar-refractivity contribution in [3.63, 3.8) is 0 Å². The lowest BCUT2D eigenvalue weighted by atomic mass is 10.3. The maximum absolute atomic E-state index is 13.1. The van der Waals surface area contributed by atoms with Crippen molar-refractivity contribution in [2.45, 2.75) is 12.2 Å². The molecule has 0 aliphatic carbocycles. The molecule has 0 spiro atoms. The van der Waals surface area contributed by atoms with Crippen LogP contribution < -0.4 is 5.32 Å². The molecule has 0 aliphatic rings. The van der Waals surface area contributed by atoms with E-state index in [0.29, 0.717) is 16.5 Å². The summed E-state index contributed by atoms with van der Waals surface area (Å²) in [6.07, 6.45) is 1.30. The van der Waals surface area contributed by atoms with Crippen molar-refractivity contribution >= 4 is 32.8 Å². The Hall–Kier alpha value is -2.52. The Morgan fingerprint density at radius 2 is 2.12 bits per heavy atom. The van der Waals surface area contributed by atoms with Gasteiger partial charge in [-0.3, -0.25) is 4.79 Å². The van der Waals surface area contributed by atoms with Crippen LogP contribution in [0.3, 0.4) is 0 Å². The van der Waals surface area contributed by atoms with Gasteiger partial charge in [-0.15, -0.1) is 11.3 Å². The Labute approximate surface area is 153 Å². The van der Waals surface area contributed by atoms with E-state index in [4.69, 9.17) is 4.42 Å². The molecular weight excluding hydrogens is 379 g/mol. The summed E-state index contributed by atoms with van der Waals surface area (Å²) in [4.78, 5) is 16.1. The third-order valence-electron chi connectivity index (χ3n) is 3.40. The Bertz CT molecular complexity index is 997. The van der Waals surface area contributed by atoms with Crippen LogP contribution >= 0.6 is 11.3 Å². The van der Waals surface area contributed by atoms with E-state index in [1.807, 2.05) is 0 Å². The first kappa shape index (κ1) is 18.3. The van der Waals surface area contributed by atoms with Crippen LogP contribution in [0.15, 0.2) is 52.5 Å². The summed E-state index contributed by atoms with van der Waals surface area (Å²) < 4.78 is 42.7. The number of anilines is 1. The molecule has 3 aromatic rings. The number of nitrogens with one attached hydrogen (secondary N) is 1. The number of sulfone groups is 1. The van der Waals surface area contributed by atoms with Crippen molar-refractivity contribution in [1.29, 1.82) is 0 Å².